The van der Waals surface area contributed by atoms with Crippen LogP contribution in [0.4, 0.5) is 0 Å². The van der Waals surface area contributed by atoms with Gasteiger partial charge in [0.25, 0.3) is 10.0 Å². The highest BCUT2D eigenvalue weighted by molar-refractivity contribution is 7.89. The Kier molecular flexibility index (Phi) is 8.50. The molecule has 0 unspecified atom stereocenters. The van der Waals surface area contributed by atoms with Crippen LogP contribution in [-0.4, -0.2) is 62.9 Å². The first-order valence-electron chi connectivity index (χ1n) is 11.2. The van der Waals surface area contributed by atoms with Gasteiger partial charge in [0.1, 0.15) is 11.9 Å². The van der Waals surface area contributed by atoms with Crippen molar-refractivity contribution in [3.05, 3.63) is 30.7 Å². The second-order valence-electron chi connectivity index (χ2n) is 8.40. The zero-order valence-corrected chi connectivity index (χ0v) is 19.3. The third kappa shape index (κ3) is 6.20. The molecule has 1 radical (unpaired) electrons. The Labute approximate surface area is 190 Å². The highest BCUT2D eigenvalue weighted by Crippen LogP contribution is 2.26. The van der Waals surface area contributed by atoms with Crippen LogP contribution in [0.5, 0.6) is 5.75 Å². The molecule has 32 heavy (non-hydrogen) atoms. The van der Waals surface area contributed by atoms with Crippen LogP contribution in [0, 0.1) is 12.3 Å². The van der Waals surface area contributed by atoms with E-state index in [4.69, 9.17) is 10.5 Å². The van der Waals surface area contributed by atoms with Gasteiger partial charge in [-0.25, -0.2) is 12.7 Å². The predicted molar refractivity (Wildman–Crippen MR) is 120 cm³/mol. The van der Waals surface area contributed by atoms with Crippen molar-refractivity contribution in [3.63, 3.8) is 0 Å². The SMILES string of the molecule is C[C@@H](C[CH]C(=O)N(C1CCNCC1)S(=O)(=O)c1ccc(OC2CCNCC2)cc1)C(N)=O. The second kappa shape index (κ2) is 11.1. The summed E-state index contributed by atoms with van der Waals surface area (Å²) in [5.74, 6) is -1.10. The standard InChI is InChI=1S/C22H33N4O5S/c1-16(22(23)28)2-7-21(27)26(17-8-12-24-13-9-17)32(29,30)20-5-3-18(4-6-20)31-19-10-14-25-15-11-19/h3-7,16-17,19,24-25H,2,8-15H2,1H3,(H2,23,28)/t16-/m0/s1. The Hall–Kier alpha value is -2.17. The maximum Gasteiger partial charge on any atom is 0.266 e. The van der Waals surface area contributed by atoms with Gasteiger partial charge >= 0.3 is 0 Å². The van der Waals surface area contributed by atoms with E-state index in [1.165, 1.54) is 18.6 Å². The van der Waals surface area contributed by atoms with E-state index in [9.17, 15) is 18.0 Å². The summed E-state index contributed by atoms with van der Waals surface area (Å²) in [7, 11) is -4.07. The van der Waals surface area contributed by atoms with Crippen molar-refractivity contribution in [1.29, 1.82) is 0 Å². The zero-order chi connectivity index (χ0) is 23.1. The summed E-state index contributed by atoms with van der Waals surface area (Å²) in [4.78, 5) is 24.4. The molecule has 2 heterocycles. The number of ether oxygens (including phenoxy) is 1. The first-order valence-corrected chi connectivity index (χ1v) is 12.6. The zero-order valence-electron chi connectivity index (χ0n) is 18.5. The Morgan fingerprint density at radius 3 is 2.22 bits per heavy atom. The van der Waals surface area contributed by atoms with Crippen LogP contribution in [0.3, 0.4) is 0 Å². The van der Waals surface area contributed by atoms with E-state index in [1.54, 1.807) is 19.1 Å². The average Bonchev–Trinajstić information content (AvgIpc) is 2.79. The minimum atomic E-state index is -4.07. The van der Waals surface area contributed by atoms with Crippen LogP contribution in [0.2, 0.25) is 0 Å². The first kappa shape index (κ1) is 24.5. The first-order chi connectivity index (χ1) is 15.3. The van der Waals surface area contributed by atoms with Crippen molar-refractivity contribution < 1.29 is 22.7 Å². The number of carbonyl (C=O) groups excluding carboxylic acids is 2. The molecule has 3 rings (SSSR count). The van der Waals surface area contributed by atoms with Crippen LogP contribution in [0.25, 0.3) is 0 Å². The number of sulfonamides is 1. The lowest BCUT2D eigenvalue weighted by Gasteiger charge is -2.34. The van der Waals surface area contributed by atoms with E-state index in [-0.39, 0.29) is 17.4 Å². The Bertz CT molecular complexity index is 878. The van der Waals surface area contributed by atoms with Gasteiger partial charge in [-0.1, -0.05) is 6.92 Å². The van der Waals surface area contributed by atoms with Crippen LogP contribution < -0.4 is 21.1 Å². The monoisotopic (exact) mass is 465 g/mol. The second-order valence-corrected chi connectivity index (χ2v) is 10.2. The minimum Gasteiger partial charge on any atom is -0.490 e. The molecule has 2 amide bonds. The topological polar surface area (TPSA) is 131 Å². The number of nitrogens with two attached hydrogens (primary N) is 1. The molecule has 2 fully saturated rings. The summed E-state index contributed by atoms with van der Waals surface area (Å²) < 4.78 is 33.9. The predicted octanol–water partition coefficient (Wildman–Crippen LogP) is 0.802. The van der Waals surface area contributed by atoms with Gasteiger partial charge in [0, 0.05) is 5.92 Å². The average molecular weight is 466 g/mol. The summed E-state index contributed by atoms with van der Waals surface area (Å²) in [6.07, 6.45) is 4.31. The lowest BCUT2D eigenvalue weighted by atomic mass is 10.0. The van der Waals surface area contributed by atoms with Gasteiger partial charge in [-0.3, -0.25) is 9.59 Å². The Morgan fingerprint density at radius 2 is 1.66 bits per heavy atom. The molecule has 1 aromatic carbocycles. The van der Waals surface area contributed by atoms with E-state index in [1.807, 2.05) is 0 Å². The van der Waals surface area contributed by atoms with Gasteiger partial charge in [-0.2, -0.15) is 0 Å². The molecule has 0 aliphatic carbocycles. The van der Waals surface area contributed by atoms with Crippen molar-refractivity contribution >= 4 is 21.8 Å². The van der Waals surface area contributed by atoms with Crippen molar-refractivity contribution in [1.82, 2.24) is 14.9 Å². The third-order valence-corrected chi connectivity index (χ3v) is 7.82. The van der Waals surface area contributed by atoms with Gasteiger partial charge < -0.3 is 21.1 Å². The summed E-state index contributed by atoms with van der Waals surface area (Å²) in [6.45, 7) is 4.66. The molecule has 0 aromatic heterocycles. The number of primary amides is 1. The maximum atomic E-state index is 13.5. The van der Waals surface area contributed by atoms with Crippen molar-refractivity contribution in [2.24, 2.45) is 11.7 Å². The van der Waals surface area contributed by atoms with Crippen LogP contribution in [0.1, 0.15) is 39.0 Å². The molecule has 177 valence electrons. The fourth-order valence-electron chi connectivity index (χ4n) is 3.93. The van der Waals surface area contributed by atoms with Gasteiger partial charge in [-0.15, -0.1) is 0 Å². The molecule has 0 spiro atoms. The number of piperidine rings is 2. The summed E-state index contributed by atoms with van der Waals surface area (Å²) in [5, 5.41) is 6.46. The third-order valence-electron chi connectivity index (χ3n) is 5.96. The van der Waals surface area contributed by atoms with Gasteiger partial charge in [0.15, 0.2) is 0 Å². The number of hydrogen-bond acceptors (Lipinski definition) is 7. The van der Waals surface area contributed by atoms with E-state index >= 15 is 0 Å². The minimum absolute atomic E-state index is 0.0402. The maximum absolute atomic E-state index is 13.5. The quantitative estimate of drug-likeness (QED) is 0.492. The lowest BCUT2D eigenvalue weighted by Crippen LogP contribution is -2.49. The molecule has 2 aliphatic heterocycles. The van der Waals surface area contributed by atoms with E-state index in [2.05, 4.69) is 10.6 Å². The number of benzene rings is 1. The van der Waals surface area contributed by atoms with Crippen LogP contribution in [0.15, 0.2) is 29.2 Å². The molecule has 2 saturated heterocycles. The van der Waals surface area contributed by atoms with Gasteiger partial charge in [-0.05, 0) is 82.5 Å². The molecule has 1 atom stereocenters. The van der Waals surface area contributed by atoms with Crippen LogP contribution in [-0.2, 0) is 19.6 Å². The molecule has 4 N–H and O–H groups in total. The lowest BCUT2D eigenvalue weighted by molar-refractivity contribution is -0.125. The number of nitrogens with zero attached hydrogens (tertiary/aromatic N) is 1. The van der Waals surface area contributed by atoms with E-state index in [0.717, 1.165) is 30.2 Å². The highest BCUT2D eigenvalue weighted by atomic mass is 32.2. The van der Waals surface area contributed by atoms with Gasteiger partial charge in [0.2, 0.25) is 11.8 Å². The molecule has 1 aromatic rings. The number of rotatable bonds is 9. The molecule has 2 aliphatic rings. The fraction of sp³-hybridized carbons (Fsp3) is 0.591. The summed E-state index contributed by atoms with van der Waals surface area (Å²) >= 11 is 0. The molecule has 10 heteroatoms. The van der Waals surface area contributed by atoms with Crippen LogP contribution >= 0.6 is 0 Å². The van der Waals surface area contributed by atoms with Crippen molar-refractivity contribution in [3.8, 4) is 5.75 Å². The number of amides is 2. The van der Waals surface area contributed by atoms with E-state index in [0.29, 0.717) is 31.7 Å². The molecule has 0 bridgehead atoms. The van der Waals surface area contributed by atoms with Gasteiger partial charge in [0.05, 0.1) is 17.4 Å². The number of nitrogens with one attached hydrogen (secondary N) is 2. The summed E-state index contributed by atoms with van der Waals surface area (Å²) in [5.41, 5.74) is 5.27. The van der Waals surface area contributed by atoms with Crippen molar-refractivity contribution in [2.45, 2.75) is 56.1 Å². The smallest absolute Gasteiger partial charge is 0.266 e. The van der Waals surface area contributed by atoms with Crippen molar-refractivity contribution in [2.75, 3.05) is 26.2 Å². The van der Waals surface area contributed by atoms with E-state index < -0.39 is 33.8 Å². The molecule has 0 saturated carbocycles. The normalized spacial score (nSPS) is 19.3. The number of carbonyl (C=O) groups is 2. The Balaban J connectivity index is 1.77. The Morgan fingerprint density at radius 1 is 1.09 bits per heavy atom. The molecule has 9 nitrogen and oxygen atoms in total. The largest absolute Gasteiger partial charge is 0.490 e. The molecular formula is C22H33N4O5S. The number of hydrogen-bond donors (Lipinski definition) is 3. The highest BCUT2D eigenvalue weighted by Gasteiger charge is 2.36. The summed E-state index contributed by atoms with van der Waals surface area (Å²) in [6, 6.07) is 5.80. The fourth-order valence-corrected chi connectivity index (χ4v) is 5.55. The molecular weight excluding hydrogens is 432 g/mol.